The molecule has 2 aromatic carbocycles. The number of halogens is 1. The molecule has 1 aromatic heterocycles. The van der Waals surface area contributed by atoms with Crippen molar-refractivity contribution in [2.75, 3.05) is 25.5 Å². The molecule has 0 spiro atoms. The summed E-state index contributed by atoms with van der Waals surface area (Å²) in [6.07, 6.45) is 2.39. The number of hydrogen-bond acceptors (Lipinski definition) is 5. The van der Waals surface area contributed by atoms with Crippen LogP contribution in [0.15, 0.2) is 77.8 Å². The number of anilines is 1. The lowest BCUT2D eigenvalue weighted by molar-refractivity contribution is -0.117. The van der Waals surface area contributed by atoms with Crippen LogP contribution in [0.2, 0.25) is 0 Å². The van der Waals surface area contributed by atoms with Crippen LogP contribution >= 0.6 is 0 Å². The van der Waals surface area contributed by atoms with Gasteiger partial charge in [0.15, 0.2) is 0 Å². The topological polar surface area (TPSA) is 82.6 Å². The van der Waals surface area contributed by atoms with Crippen LogP contribution in [0.5, 0.6) is 0 Å². The van der Waals surface area contributed by atoms with Crippen molar-refractivity contribution in [1.29, 1.82) is 0 Å². The first-order valence-corrected chi connectivity index (χ1v) is 12.8. The van der Waals surface area contributed by atoms with E-state index in [1.54, 1.807) is 44.3 Å². The highest BCUT2D eigenvalue weighted by atomic mass is 32.2. The van der Waals surface area contributed by atoms with E-state index in [0.29, 0.717) is 25.2 Å². The predicted molar refractivity (Wildman–Crippen MR) is 135 cm³/mol. The first kappa shape index (κ1) is 26.5. The Hall–Kier alpha value is -3.14. The Labute approximate surface area is 206 Å². The summed E-state index contributed by atoms with van der Waals surface area (Å²) >= 11 is 0. The number of nitrogens with zero attached hydrogens (tertiary/aromatic N) is 3. The second-order valence-corrected chi connectivity index (χ2v) is 10.6. The van der Waals surface area contributed by atoms with E-state index in [-0.39, 0.29) is 29.2 Å². The van der Waals surface area contributed by atoms with E-state index < -0.39 is 10.0 Å². The van der Waals surface area contributed by atoms with Gasteiger partial charge in [0.05, 0.1) is 11.4 Å². The Morgan fingerprint density at radius 3 is 2.31 bits per heavy atom. The Morgan fingerprint density at radius 1 is 1.03 bits per heavy atom. The largest absolute Gasteiger partial charge is 0.325 e. The number of benzene rings is 2. The van der Waals surface area contributed by atoms with Crippen molar-refractivity contribution in [3.05, 3.63) is 90.0 Å². The van der Waals surface area contributed by atoms with Gasteiger partial charge in [-0.3, -0.25) is 14.7 Å². The number of aromatic nitrogens is 1. The van der Waals surface area contributed by atoms with E-state index >= 15 is 0 Å². The molecule has 0 radical (unpaired) electrons. The molecule has 1 heterocycles. The molecular formula is C26H31FN4O3S. The molecule has 1 N–H and O–H groups in total. The van der Waals surface area contributed by atoms with Gasteiger partial charge in [-0.05, 0) is 67.9 Å². The van der Waals surface area contributed by atoms with Crippen molar-refractivity contribution in [2.24, 2.45) is 0 Å². The number of carbonyl (C=O) groups is 1. The lowest BCUT2D eigenvalue weighted by Crippen LogP contribution is -2.34. The summed E-state index contributed by atoms with van der Waals surface area (Å²) in [5, 5.41) is 2.83. The van der Waals surface area contributed by atoms with Crippen molar-refractivity contribution in [3.8, 4) is 0 Å². The fraction of sp³-hybridized carbons (Fsp3) is 0.308. The van der Waals surface area contributed by atoms with Crippen molar-refractivity contribution in [3.63, 3.8) is 0 Å². The average Bonchev–Trinajstić information content (AvgIpc) is 2.84. The highest BCUT2D eigenvalue weighted by Gasteiger charge is 2.23. The summed E-state index contributed by atoms with van der Waals surface area (Å²) in [5.41, 5.74) is 2.32. The minimum atomic E-state index is -3.59. The van der Waals surface area contributed by atoms with Gasteiger partial charge in [-0.1, -0.05) is 18.2 Å². The van der Waals surface area contributed by atoms with Gasteiger partial charge in [-0.2, -0.15) is 4.31 Å². The molecule has 0 unspecified atom stereocenters. The zero-order valence-electron chi connectivity index (χ0n) is 20.2. The van der Waals surface area contributed by atoms with Gasteiger partial charge in [0.2, 0.25) is 15.9 Å². The van der Waals surface area contributed by atoms with Gasteiger partial charge in [0, 0.05) is 50.2 Å². The molecule has 0 aliphatic rings. The monoisotopic (exact) mass is 498 g/mol. The molecule has 0 saturated heterocycles. The number of carbonyl (C=O) groups excluding carboxylic acids is 1. The van der Waals surface area contributed by atoms with Gasteiger partial charge in [0.25, 0.3) is 0 Å². The highest BCUT2D eigenvalue weighted by molar-refractivity contribution is 7.89. The first-order valence-electron chi connectivity index (χ1n) is 11.4. The SMILES string of the molecule is CC(C)N(C)S(=O)(=O)c1ccc(NC(=O)CN(CCc2ccccn2)Cc2ccc(F)cc2)cc1. The maximum atomic E-state index is 13.3. The molecule has 1 amide bonds. The number of amides is 1. The number of rotatable bonds is 11. The van der Waals surface area contributed by atoms with E-state index in [1.807, 2.05) is 23.1 Å². The van der Waals surface area contributed by atoms with Crippen LogP contribution in [0, 0.1) is 5.82 Å². The molecule has 35 heavy (non-hydrogen) atoms. The maximum absolute atomic E-state index is 13.3. The van der Waals surface area contributed by atoms with Crippen LogP contribution < -0.4 is 5.32 Å². The summed E-state index contributed by atoms with van der Waals surface area (Å²) in [6.45, 7) is 4.77. The van der Waals surface area contributed by atoms with Crippen LogP contribution in [0.3, 0.4) is 0 Å². The Bertz CT molecular complexity index is 1200. The zero-order chi connectivity index (χ0) is 25.4. The van der Waals surface area contributed by atoms with Crippen molar-refractivity contribution >= 4 is 21.6 Å². The minimum absolute atomic E-state index is 0.111. The molecule has 3 aromatic rings. The van der Waals surface area contributed by atoms with Crippen LogP contribution in [0.1, 0.15) is 25.1 Å². The fourth-order valence-corrected chi connectivity index (χ4v) is 4.81. The standard InChI is InChI=1S/C26H31FN4O3S/c1-20(2)30(3)35(33,34)25-13-11-24(12-14-25)29-26(32)19-31(17-15-23-6-4-5-16-28-23)18-21-7-9-22(27)10-8-21/h4-14,16,20H,15,17-19H2,1-3H3,(H,29,32). The second-order valence-electron chi connectivity index (χ2n) is 8.60. The third-order valence-corrected chi connectivity index (χ3v) is 7.69. The lowest BCUT2D eigenvalue weighted by atomic mass is 10.2. The number of sulfonamides is 1. The fourth-order valence-electron chi connectivity index (χ4n) is 3.44. The number of nitrogens with one attached hydrogen (secondary N) is 1. The molecule has 9 heteroatoms. The molecule has 0 fully saturated rings. The summed E-state index contributed by atoms with van der Waals surface area (Å²) in [4.78, 5) is 19.3. The van der Waals surface area contributed by atoms with Crippen LogP contribution in [-0.2, 0) is 27.8 Å². The molecule has 3 rings (SSSR count). The van der Waals surface area contributed by atoms with Crippen molar-refractivity contribution in [2.45, 2.75) is 37.8 Å². The van der Waals surface area contributed by atoms with Crippen molar-refractivity contribution in [1.82, 2.24) is 14.2 Å². The predicted octanol–water partition coefficient (Wildman–Crippen LogP) is 3.93. The molecule has 0 saturated carbocycles. The molecular weight excluding hydrogens is 467 g/mol. The van der Waals surface area contributed by atoms with Crippen molar-refractivity contribution < 1.29 is 17.6 Å². The summed E-state index contributed by atoms with van der Waals surface area (Å²) < 4.78 is 39.9. The Balaban J connectivity index is 1.66. The molecule has 7 nitrogen and oxygen atoms in total. The summed E-state index contributed by atoms with van der Waals surface area (Å²) in [5.74, 6) is -0.542. The Morgan fingerprint density at radius 2 is 1.71 bits per heavy atom. The summed E-state index contributed by atoms with van der Waals surface area (Å²) in [7, 11) is -2.06. The molecule has 0 aliphatic heterocycles. The maximum Gasteiger partial charge on any atom is 0.243 e. The van der Waals surface area contributed by atoms with Crippen LogP contribution in [0.25, 0.3) is 0 Å². The average molecular weight is 499 g/mol. The zero-order valence-corrected chi connectivity index (χ0v) is 21.0. The molecule has 186 valence electrons. The van der Waals surface area contributed by atoms with E-state index in [1.165, 1.54) is 35.6 Å². The van der Waals surface area contributed by atoms with E-state index in [0.717, 1.165) is 11.3 Å². The minimum Gasteiger partial charge on any atom is -0.325 e. The number of pyridine rings is 1. The number of hydrogen-bond donors (Lipinski definition) is 1. The van der Waals surface area contributed by atoms with E-state index in [4.69, 9.17) is 0 Å². The van der Waals surface area contributed by atoms with Gasteiger partial charge < -0.3 is 5.32 Å². The van der Waals surface area contributed by atoms with Gasteiger partial charge >= 0.3 is 0 Å². The second kappa shape index (κ2) is 12.0. The summed E-state index contributed by atoms with van der Waals surface area (Å²) in [6, 6.07) is 17.9. The quantitative estimate of drug-likeness (QED) is 0.433. The Kier molecular flexibility index (Phi) is 9.08. The van der Waals surface area contributed by atoms with Crippen LogP contribution in [0.4, 0.5) is 10.1 Å². The van der Waals surface area contributed by atoms with Gasteiger partial charge in [-0.15, -0.1) is 0 Å². The van der Waals surface area contributed by atoms with Gasteiger partial charge in [-0.25, -0.2) is 12.8 Å². The highest BCUT2D eigenvalue weighted by Crippen LogP contribution is 2.19. The third kappa shape index (κ3) is 7.68. The third-order valence-electron chi connectivity index (χ3n) is 5.64. The molecule has 0 aliphatic carbocycles. The first-order chi connectivity index (χ1) is 16.6. The van der Waals surface area contributed by atoms with Gasteiger partial charge in [0.1, 0.15) is 5.82 Å². The normalized spacial score (nSPS) is 11.9. The molecule has 0 atom stereocenters. The lowest BCUT2D eigenvalue weighted by Gasteiger charge is -2.22. The smallest absolute Gasteiger partial charge is 0.243 e. The van der Waals surface area contributed by atoms with E-state index in [9.17, 15) is 17.6 Å². The van der Waals surface area contributed by atoms with E-state index in [2.05, 4.69) is 10.3 Å². The van der Waals surface area contributed by atoms with Crippen LogP contribution in [-0.4, -0.2) is 54.7 Å². The molecule has 0 bridgehead atoms.